The van der Waals surface area contributed by atoms with Gasteiger partial charge in [0.25, 0.3) is 5.91 Å². The number of aryl methyl sites for hydroxylation is 1. The van der Waals surface area contributed by atoms with Gasteiger partial charge in [-0.05, 0) is 25.1 Å². The molecule has 0 spiro atoms. The zero-order valence-electron chi connectivity index (χ0n) is 13.2. The van der Waals surface area contributed by atoms with Crippen LogP contribution in [0.4, 0.5) is 0 Å². The molecule has 1 amide bonds. The lowest BCUT2D eigenvalue weighted by molar-refractivity contribution is 0.0922. The summed E-state index contributed by atoms with van der Waals surface area (Å²) >= 11 is 19.2. The summed E-state index contributed by atoms with van der Waals surface area (Å²) in [6.07, 6.45) is 1.40. The molecule has 9 heteroatoms. The lowest BCUT2D eigenvalue weighted by Gasteiger charge is -2.24. The van der Waals surface area contributed by atoms with Crippen LogP contribution in [0.5, 0.6) is 0 Å². The second-order valence-corrected chi connectivity index (χ2v) is 8.85. The third kappa shape index (κ3) is 5.28. The molecular weight excluding hydrogens is 393 g/mol. The van der Waals surface area contributed by atoms with Crippen LogP contribution in [0, 0.1) is 6.92 Å². The third-order valence-electron chi connectivity index (χ3n) is 2.91. The van der Waals surface area contributed by atoms with Crippen molar-refractivity contribution in [1.29, 1.82) is 0 Å². The summed E-state index contributed by atoms with van der Waals surface area (Å²) < 4.78 is 3.32. The van der Waals surface area contributed by atoms with Gasteiger partial charge in [0.2, 0.25) is 3.79 Å². The molecule has 0 bridgehead atoms. The van der Waals surface area contributed by atoms with E-state index in [4.69, 9.17) is 39.2 Å². The highest BCUT2D eigenvalue weighted by atomic mass is 35.6. The third-order valence-corrected chi connectivity index (χ3v) is 5.11. The Bertz CT molecular complexity index is 702. The van der Waals surface area contributed by atoms with Crippen LogP contribution in [0.15, 0.2) is 33.9 Å². The zero-order chi connectivity index (χ0) is 17.9. The van der Waals surface area contributed by atoms with E-state index in [1.807, 2.05) is 20.8 Å². The number of furan rings is 1. The number of halogens is 3. The van der Waals surface area contributed by atoms with Gasteiger partial charge in [-0.3, -0.25) is 4.79 Å². The van der Waals surface area contributed by atoms with E-state index >= 15 is 0 Å². The van der Waals surface area contributed by atoms with E-state index < -0.39 is 15.1 Å². The molecule has 2 aromatic heterocycles. The van der Waals surface area contributed by atoms with E-state index in [2.05, 4.69) is 15.3 Å². The molecule has 0 unspecified atom stereocenters. The van der Waals surface area contributed by atoms with Crippen molar-refractivity contribution >= 4 is 52.5 Å². The Labute approximate surface area is 159 Å². The number of carbonyl (C=O) groups is 1. The van der Waals surface area contributed by atoms with Gasteiger partial charge in [-0.2, -0.15) is 0 Å². The van der Waals surface area contributed by atoms with E-state index in [0.717, 1.165) is 17.5 Å². The first-order valence-electron chi connectivity index (χ1n) is 7.10. The lowest BCUT2D eigenvalue weighted by atomic mass is 10.2. The fourth-order valence-corrected chi connectivity index (χ4v) is 3.27. The largest absolute Gasteiger partial charge is 0.459 e. The molecule has 0 saturated carbocycles. The van der Waals surface area contributed by atoms with E-state index in [0.29, 0.717) is 10.9 Å². The normalized spacial score (nSPS) is 13.1. The van der Waals surface area contributed by atoms with E-state index in [1.54, 1.807) is 12.1 Å². The van der Waals surface area contributed by atoms with Crippen LogP contribution in [0.1, 0.15) is 41.8 Å². The highest BCUT2D eigenvalue weighted by Crippen LogP contribution is 2.39. The smallest absolute Gasteiger partial charge is 0.287 e. The second kappa shape index (κ2) is 7.95. The van der Waals surface area contributed by atoms with Gasteiger partial charge in [0.05, 0.1) is 6.26 Å². The molecule has 2 heterocycles. The Morgan fingerprint density at radius 3 is 2.58 bits per heavy atom. The number of hydrogen-bond donors (Lipinski definition) is 1. The molecule has 0 fully saturated rings. The average Bonchev–Trinajstić information content (AvgIpc) is 2.99. The van der Waals surface area contributed by atoms with Gasteiger partial charge in [-0.15, -0.1) is 0 Å². The summed E-state index contributed by atoms with van der Waals surface area (Å²) in [4.78, 5) is 21.0. The van der Waals surface area contributed by atoms with Gasteiger partial charge >= 0.3 is 0 Å². The van der Waals surface area contributed by atoms with Crippen molar-refractivity contribution in [2.24, 2.45) is 0 Å². The summed E-state index contributed by atoms with van der Waals surface area (Å²) in [5.74, 6) is 0.515. The van der Waals surface area contributed by atoms with E-state index in [-0.39, 0.29) is 11.7 Å². The quantitative estimate of drug-likeness (QED) is 0.335. The summed E-state index contributed by atoms with van der Waals surface area (Å²) in [7, 11) is 0. The minimum absolute atomic E-state index is 0.136. The fourth-order valence-electron chi connectivity index (χ4n) is 1.78. The minimum Gasteiger partial charge on any atom is -0.459 e. The number of nitrogens with one attached hydrogen (secondary N) is 1. The first-order valence-corrected chi connectivity index (χ1v) is 9.11. The number of rotatable bonds is 5. The van der Waals surface area contributed by atoms with Crippen molar-refractivity contribution in [3.05, 3.63) is 41.7 Å². The molecule has 5 nitrogen and oxygen atoms in total. The van der Waals surface area contributed by atoms with E-state index in [1.165, 1.54) is 12.3 Å². The van der Waals surface area contributed by atoms with Crippen LogP contribution in [0.3, 0.4) is 0 Å². The summed E-state index contributed by atoms with van der Waals surface area (Å²) in [6, 6.07) is 4.91. The first-order chi connectivity index (χ1) is 11.2. The van der Waals surface area contributed by atoms with Crippen molar-refractivity contribution in [1.82, 2.24) is 15.3 Å². The summed E-state index contributed by atoms with van der Waals surface area (Å²) in [5, 5.41) is 2.41. The zero-order valence-corrected chi connectivity index (χ0v) is 16.3. The molecule has 0 aliphatic carbocycles. The number of carbonyl (C=O) groups excluding carboxylic acids is 1. The van der Waals surface area contributed by atoms with Crippen LogP contribution in [0.25, 0.3) is 0 Å². The highest BCUT2D eigenvalue weighted by molar-refractivity contribution is 8.00. The Balaban J connectivity index is 2.22. The SMILES string of the molecule is Cc1cc(S[C@@H](NC(=O)c2ccco2)C(Cl)(Cl)Cl)nc(C(C)C)n1. The predicted octanol–water partition coefficient (Wildman–Crippen LogP) is 4.72. The molecule has 0 aliphatic heterocycles. The van der Waals surface area contributed by atoms with Gasteiger partial charge in [-0.1, -0.05) is 60.4 Å². The molecule has 0 radical (unpaired) electrons. The first kappa shape index (κ1) is 19.4. The molecule has 1 atom stereocenters. The predicted molar refractivity (Wildman–Crippen MR) is 97.0 cm³/mol. The Kier molecular flexibility index (Phi) is 6.42. The maximum Gasteiger partial charge on any atom is 0.287 e. The molecule has 2 aromatic rings. The van der Waals surface area contributed by atoms with Crippen LogP contribution < -0.4 is 5.32 Å². The number of alkyl halides is 3. The topological polar surface area (TPSA) is 68.0 Å². The molecule has 24 heavy (non-hydrogen) atoms. The Hall–Kier alpha value is -0.950. The molecule has 0 aromatic carbocycles. The van der Waals surface area contributed by atoms with Crippen LogP contribution in [-0.4, -0.2) is 25.0 Å². The molecule has 0 saturated heterocycles. The summed E-state index contributed by atoms with van der Waals surface area (Å²) in [6.45, 7) is 5.85. The Morgan fingerprint density at radius 1 is 1.33 bits per heavy atom. The minimum atomic E-state index is -1.73. The van der Waals surface area contributed by atoms with Crippen molar-refractivity contribution in [3.8, 4) is 0 Å². The fraction of sp³-hybridized carbons (Fsp3) is 0.400. The standard InChI is InChI=1S/C15H16Cl3N3O2S/c1-8(2)12-19-9(3)7-11(20-12)24-14(15(16,17)18)21-13(22)10-5-4-6-23-10/h4-8,14H,1-3H3,(H,21,22)/t14-/m1/s1. The monoisotopic (exact) mass is 407 g/mol. The lowest BCUT2D eigenvalue weighted by Crippen LogP contribution is -2.41. The van der Waals surface area contributed by atoms with Crippen molar-refractivity contribution in [3.63, 3.8) is 0 Å². The van der Waals surface area contributed by atoms with Crippen LogP contribution in [0.2, 0.25) is 0 Å². The molecule has 2 rings (SSSR count). The number of hydrogen-bond acceptors (Lipinski definition) is 5. The molecule has 130 valence electrons. The highest BCUT2D eigenvalue weighted by Gasteiger charge is 2.36. The number of amides is 1. The molecule has 1 N–H and O–H groups in total. The number of nitrogens with zero attached hydrogens (tertiary/aromatic N) is 2. The second-order valence-electron chi connectivity index (χ2n) is 5.35. The molecular formula is C15H16Cl3N3O2S. The maximum atomic E-state index is 12.2. The van der Waals surface area contributed by atoms with Gasteiger partial charge < -0.3 is 9.73 Å². The molecule has 0 aliphatic rings. The van der Waals surface area contributed by atoms with Crippen LogP contribution in [-0.2, 0) is 0 Å². The van der Waals surface area contributed by atoms with Crippen molar-refractivity contribution < 1.29 is 9.21 Å². The number of aromatic nitrogens is 2. The van der Waals surface area contributed by atoms with Gasteiger partial charge in [0.1, 0.15) is 16.2 Å². The van der Waals surface area contributed by atoms with Crippen molar-refractivity contribution in [2.75, 3.05) is 0 Å². The maximum absolute atomic E-state index is 12.2. The Morgan fingerprint density at radius 2 is 2.04 bits per heavy atom. The van der Waals surface area contributed by atoms with Crippen molar-refractivity contribution in [2.45, 2.75) is 40.9 Å². The van der Waals surface area contributed by atoms with Gasteiger partial charge in [0.15, 0.2) is 5.76 Å². The summed E-state index contributed by atoms with van der Waals surface area (Å²) in [5.41, 5.74) is 0.802. The number of thioether (sulfide) groups is 1. The van der Waals surface area contributed by atoms with E-state index in [9.17, 15) is 4.79 Å². The average molecular weight is 409 g/mol. The van der Waals surface area contributed by atoms with Gasteiger partial charge in [0, 0.05) is 11.6 Å². The van der Waals surface area contributed by atoms with Crippen LogP contribution >= 0.6 is 46.6 Å². The van der Waals surface area contributed by atoms with Gasteiger partial charge in [-0.25, -0.2) is 9.97 Å².